The predicted molar refractivity (Wildman–Crippen MR) is 57.4 cm³/mol. The van der Waals surface area contributed by atoms with E-state index in [4.69, 9.17) is 9.47 Å². The first-order valence-electron chi connectivity index (χ1n) is 5.83. The molecule has 2 aliphatic rings. The molecule has 2 heterocycles. The van der Waals surface area contributed by atoms with Crippen LogP contribution in [0.4, 0.5) is 0 Å². The molecular weight excluding hydrogens is 210 g/mol. The fourth-order valence-electron chi connectivity index (χ4n) is 2.67. The third-order valence-electron chi connectivity index (χ3n) is 3.56. The Kier molecular flexibility index (Phi) is 3.47. The molecule has 2 unspecified atom stereocenters. The molecule has 0 aliphatic carbocycles. The first-order valence-corrected chi connectivity index (χ1v) is 5.83. The largest absolute Gasteiger partial charge is 0.480 e. The second-order valence-corrected chi connectivity index (χ2v) is 4.57. The summed E-state index contributed by atoms with van der Waals surface area (Å²) in [5.41, 5.74) is -0.735. The highest BCUT2D eigenvalue weighted by atomic mass is 16.5. The van der Waals surface area contributed by atoms with E-state index in [0.29, 0.717) is 45.8 Å². The minimum Gasteiger partial charge on any atom is -0.480 e. The van der Waals surface area contributed by atoms with Gasteiger partial charge >= 0.3 is 5.97 Å². The maximum Gasteiger partial charge on any atom is 0.324 e. The number of ether oxygens (including phenoxy) is 2. The van der Waals surface area contributed by atoms with Gasteiger partial charge in [0.15, 0.2) is 0 Å². The molecule has 92 valence electrons. The Balaban J connectivity index is 2.16. The van der Waals surface area contributed by atoms with E-state index in [1.54, 1.807) is 0 Å². The molecule has 5 heteroatoms. The molecule has 16 heavy (non-hydrogen) atoms. The summed E-state index contributed by atoms with van der Waals surface area (Å²) < 4.78 is 10.7. The number of hydrogen-bond acceptors (Lipinski definition) is 4. The summed E-state index contributed by atoms with van der Waals surface area (Å²) in [5, 5.41) is 9.52. The van der Waals surface area contributed by atoms with Crippen LogP contribution in [0.15, 0.2) is 0 Å². The summed E-state index contributed by atoms with van der Waals surface area (Å²) in [7, 11) is 0. The third-order valence-corrected chi connectivity index (χ3v) is 3.56. The van der Waals surface area contributed by atoms with E-state index < -0.39 is 11.5 Å². The van der Waals surface area contributed by atoms with E-state index in [1.165, 1.54) is 0 Å². The molecule has 0 spiro atoms. The monoisotopic (exact) mass is 229 g/mol. The lowest BCUT2D eigenvalue weighted by Gasteiger charge is -2.46. The lowest BCUT2D eigenvalue weighted by Crippen LogP contribution is -2.61. The van der Waals surface area contributed by atoms with Crippen LogP contribution >= 0.6 is 0 Å². The van der Waals surface area contributed by atoms with Gasteiger partial charge < -0.3 is 14.6 Å². The van der Waals surface area contributed by atoms with E-state index in [-0.39, 0.29) is 6.10 Å². The smallest absolute Gasteiger partial charge is 0.324 e. The van der Waals surface area contributed by atoms with Gasteiger partial charge in [0.1, 0.15) is 5.54 Å². The fourth-order valence-corrected chi connectivity index (χ4v) is 2.67. The molecule has 0 saturated carbocycles. The second-order valence-electron chi connectivity index (χ2n) is 4.57. The minimum atomic E-state index is -0.735. The van der Waals surface area contributed by atoms with Crippen LogP contribution in [-0.2, 0) is 14.3 Å². The van der Waals surface area contributed by atoms with Gasteiger partial charge in [-0.05, 0) is 13.3 Å². The maximum absolute atomic E-state index is 11.6. The molecule has 0 radical (unpaired) electrons. The van der Waals surface area contributed by atoms with Gasteiger partial charge in [0, 0.05) is 26.1 Å². The van der Waals surface area contributed by atoms with Gasteiger partial charge in [-0.25, -0.2) is 0 Å². The molecule has 0 aromatic heterocycles. The first-order chi connectivity index (χ1) is 7.65. The minimum absolute atomic E-state index is 0.0210. The standard InChI is InChI=1S/C11H19NO4/c1-9-8-11(10(13)14,2-5-16-9)12-3-6-15-7-4-12/h9H,2-8H2,1H3,(H,13,14). The molecule has 2 aliphatic heterocycles. The van der Waals surface area contributed by atoms with Crippen molar-refractivity contribution in [2.75, 3.05) is 32.9 Å². The SMILES string of the molecule is CC1CC(C(=O)O)(N2CCOCC2)CCO1. The van der Waals surface area contributed by atoms with Crippen molar-refractivity contribution < 1.29 is 19.4 Å². The van der Waals surface area contributed by atoms with E-state index in [9.17, 15) is 9.90 Å². The molecular formula is C11H19NO4. The Hall–Kier alpha value is -0.650. The van der Waals surface area contributed by atoms with Crippen LogP contribution in [0.1, 0.15) is 19.8 Å². The van der Waals surface area contributed by atoms with Crippen LogP contribution in [0.25, 0.3) is 0 Å². The van der Waals surface area contributed by atoms with E-state index in [1.807, 2.05) is 6.92 Å². The summed E-state index contributed by atoms with van der Waals surface area (Å²) in [4.78, 5) is 13.6. The van der Waals surface area contributed by atoms with Crippen LogP contribution in [0.3, 0.4) is 0 Å². The molecule has 1 N–H and O–H groups in total. The van der Waals surface area contributed by atoms with Gasteiger partial charge in [0.2, 0.25) is 0 Å². The Morgan fingerprint density at radius 3 is 2.62 bits per heavy atom. The topological polar surface area (TPSA) is 59.0 Å². The molecule has 2 saturated heterocycles. The fraction of sp³-hybridized carbons (Fsp3) is 0.909. The molecule has 0 bridgehead atoms. The van der Waals surface area contributed by atoms with Gasteiger partial charge in [-0.3, -0.25) is 9.69 Å². The van der Waals surface area contributed by atoms with Crippen molar-refractivity contribution in [3.8, 4) is 0 Å². The third kappa shape index (κ3) is 2.07. The lowest BCUT2D eigenvalue weighted by atomic mass is 9.85. The number of nitrogens with zero attached hydrogens (tertiary/aromatic N) is 1. The summed E-state index contributed by atoms with van der Waals surface area (Å²) >= 11 is 0. The summed E-state index contributed by atoms with van der Waals surface area (Å²) in [6.07, 6.45) is 1.17. The van der Waals surface area contributed by atoms with Gasteiger partial charge in [-0.1, -0.05) is 0 Å². The molecule has 0 aromatic rings. The van der Waals surface area contributed by atoms with Crippen LogP contribution in [0.2, 0.25) is 0 Å². The Morgan fingerprint density at radius 2 is 2.06 bits per heavy atom. The number of carboxylic acids is 1. The normalized spacial score (nSPS) is 37.2. The first kappa shape index (κ1) is 11.8. The molecule has 2 atom stereocenters. The Morgan fingerprint density at radius 1 is 1.38 bits per heavy atom. The van der Waals surface area contributed by atoms with Crippen molar-refractivity contribution in [3.05, 3.63) is 0 Å². The Bertz CT molecular complexity index is 265. The number of hydrogen-bond donors (Lipinski definition) is 1. The predicted octanol–water partition coefficient (Wildman–Crippen LogP) is 0.341. The number of rotatable bonds is 2. The second kappa shape index (κ2) is 4.69. The van der Waals surface area contributed by atoms with Crippen molar-refractivity contribution in [1.29, 1.82) is 0 Å². The van der Waals surface area contributed by atoms with Gasteiger partial charge in [0.05, 0.1) is 19.3 Å². The molecule has 5 nitrogen and oxygen atoms in total. The van der Waals surface area contributed by atoms with Crippen LogP contribution in [-0.4, -0.2) is 60.5 Å². The maximum atomic E-state index is 11.6. The van der Waals surface area contributed by atoms with E-state index in [2.05, 4.69) is 4.90 Å². The average molecular weight is 229 g/mol. The number of aliphatic carboxylic acids is 1. The van der Waals surface area contributed by atoms with Crippen LogP contribution in [0.5, 0.6) is 0 Å². The quantitative estimate of drug-likeness (QED) is 0.740. The van der Waals surface area contributed by atoms with E-state index in [0.717, 1.165) is 0 Å². The van der Waals surface area contributed by atoms with Gasteiger partial charge in [-0.2, -0.15) is 0 Å². The number of morpholine rings is 1. The Labute approximate surface area is 95.3 Å². The summed E-state index contributed by atoms with van der Waals surface area (Å²) in [6.45, 7) is 5.15. The molecule has 2 fully saturated rings. The van der Waals surface area contributed by atoms with Crippen molar-refractivity contribution in [3.63, 3.8) is 0 Å². The van der Waals surface area contributed by atoms with Crippen molar-refractivity contribution in [1.82, 2.24) is 4.90 Å². The molecule has 0 aromatic carbocycles. The van der Waals surface area contributed by atoms with Crippen molar-refractivity contribution >= 4 is 5.97 Å². The van der Waals surface area contributed by atoms with Crippen molar-refractivity contribution in [2.24, 2.45) is 0 Å². The number of carbonyl (C=O) groups is 1. The zero-order valence-electron chi connectivity index (χ0n) is 9.65. The summed E-state index contributed by atoms with van der Waals surface area (Å²) in [5.74, 6) is -0.718. The zero-order valence-corrected chi connectivity index (χ0v) is 9.65. The van der Waals surface area contributed by atoms with Gasteiger partial charge in [0.25, 0.3) is 0 Å². The highest BCUT2D eigenvalue weighted by Gasteiger charge is 2.47. The van der Waals surface area contributed by atoms with Crippen LogP contribution < -0.4 is 0 Å². The van der Waals surface area contributed by atoms with Gasteiger partial charge in [-0.15, -0.1) is 0 Å². The zero-order chi connectivity index (χ0) is 11.6. The molecule has 0 amide bonds. The molecule has 2 rings (SSSR count). The van der Waals surface area contributed by atoms with Crippen LogP contribution in [0, 0.1) is 0 Å². The number of carboxylic acid groups (broad SMARTS) is 1. The highest BCUT2D eigenvalue weighted by molar-refractivity contribution is 5.79. The lowest BCUT2D eigenvalue weighted by molar-refractivity contribution is -0.167. The van der Waals surface area contributed by atoms with E-state index >= 15 is 0 Å². The summed E-state index contributed by atoms with van der Waals surface area (Å²) in [6, 6.07) is 0. The highest BCUT2D eigenvalue weighted by Crippen LogP contribution is 2.32. The van der Waals surface area contributed by atoms with Crippen molar-refractivity contribution in [2.45, 2.75) is 31.4 Å². The average Bonchev–Trinajstić information content (AvgIpc) is 2.30.